The first kappa shape index (κ1) is 21.5. The molecule has 5 nitrogen and oxygen atoms in total. The Bertz CT molecular complexity index is 1050. The zero-order chi connectivity index (χ0) is 21.5. The van der Waals surface area contributed by atoms with Gasteiger partial charge in [-0.25, -0.2) is 14.2 Å². The molecule has 0 unspecified atom stereocenters. The highest BCUT2D eigenvalue weighted by Gasteiger charge is 2.29. The number of aliphatic imine (C=N–C) groups is 1. The second-order valence-electron chi connectivity index (χ2n) is 6.68. The van der Waals surface area contributed by atoms with Crippen LogP contribution in [-0.2, 0) is 4.74 Å². The Morgan fingerprint density at radius 1 is 1.27 bits per heavy atom. The van der Waals surface area contributed by atoms with E-state index in [-0.39, 0.29) is 17.7 Å². The van der Waals surface area contributed by atoms with Gasteiger partial charge in [-0.3, -0.25) is 9.98 Å². The number of hydrogen-bond acceptors (Lipinski definition) is 5. The molecule has 2 heterocycles. The predicted octanol–water partition coefficient (Wildman–Crippen LogP) is 4.73. The van der Waals surface area contributed by atoms with Gasteiger partial charge >= 0.3 is 0 Å². The molecular weight excluding hydrogens is 386 g/mol. The van der Waals surface area contributed by atoms with Crippen LogP contribution in [0.5, 0.6) is 0 Å². The molecule has 1 N–H and O–H groups in total. The van der Waals surface area contributed by atoms with Crippen molar-refractivity contribution in [2.75, 3.05) is 20.3 Å². The number of rotatable bonds is 5. The molecule has 3 aromatic rings. The van der Waals surface area contributed by atoms with Gasteiger partial charge in [0.2, 0.25) is 0 Å². The molecule has 1 fully saturated rings. The van der Waals surface area contributed by atoms with Crippen molar-refractivity contribution >= 4 is 28.5 Å². The summed E-state index contributed by atoms with van der Waals surface area (Å²) < 4.78 is 31.0. The van der Waals surface area contributed by atoms with Crippen molar-refractivity contribution in [2.45, 2.75) is 13.0 Å². The van der Waals surface area contributed by atoms with Crippen LogP contribution < -0.4 is 5.43 Å². The molecule has 1 aliphatic rings. The molecule has 156 valence electrons. The van der Waals surface area contributed by atoms with E-state index in [9.17, 15) is 8.78 Å². The minimum atomic E-state index is -0.304. The van der Waals surface area contributed by atoms with E-state index in [1.807, 2.05) is 17.1 Å². The van der Waals surface area contributed by atoms with E-state index in [1.165, 1.54) is 24.3 Å². The molecule has 1 atom stereocenters. The minimum Gasteiger partial charge on any atom is -0.382 e. The summed E-state index contributed by atoms with van der Waals surface area (Å²) in [5.74, 6) is -0.543. The van der Waals surface area contributed by atoms with Gasteiger partial charge in [-0.15, -0.1) is 0 Å². The largest absolute Gasteiger partial charge is 0.382 e. The zero-order valence-corrected chi connectivity index (χ0v) is 17.0. The lowest BCUT2D eigenvalue weighted by Gasteiger charge is -2.44. The van der Waals surface area contributed by atoms with E-state index in [0.29, 0.717) is 17.8 Å². The number of nitrogens with one attached hydrogen (secondary N) is 1. The van der Waals surface area contributed by atoms with Crippen molar-refractivity contribution < 1.29 is 13.5 Å². The summed E-state index contributed by atoms with van der Waals surface area (Å²) in [6.07, 6.45) is 3.30. The molecule has 0 bridgehead atoms. The summed E-state index contributed by atoms with van der Waals surface area (Å²) in [6.45, 7) is 7.33. The predicted molar refractivity (Wildman–Crippen MR) is 116 cm³/mol. The van der Waals surface area contributed by atoms with Crippen LogP contribution in [0.15, 0.2) is 66.3 Å². The third-order valence-corrected chi connectivity index (χ3v) is 4.62. The van der Waals surface area contributed by atoms with Crippen LogP contribution in [0.4, 0.5) is 14.5 Å². The van der Waals surface area contributed by atoms with Crippen LogP contribution in [0.1, 0.15) is 12.5 Å². The molecule has 4 rings (SSSR count). The summed E-state index contributed by atoms with van der Waals surface area (Å²) in [4.78, 5) is 8.19. The molecule has 7 heteroatoms. The lowest BCUT2D eigenvalue weighted by atomic mass is 10.1. The van der Waals surface area contributed by atoms with Gasteiger partial charge in [0.1, 0.15) is 11.6 Å². The maximum atomic E-state index is 13.3. The van der Waals surface area contributed by atoms with Gasteiger partial charge in [-0.2, -0.15) is 0 Å². The van der Waals surface area contributed by atoms with E-state index >= 15 is 0 Å². The maximum absolute atomic E-state index is 13.3. The van der Waals surface area contributed by atoms with Crippen LogP contribution in [-0.4, -0.2) is 42.5 Å². The summed E-state index contributed by atoms with van der Waals surface area (Å²) in [6, 6.07) is 13.1. The number of fused-ring (bicyclic) bond motifs is 1. The number of benzene rings is 2. The monoisotopic (exact) mass is 410 g/mol. The summed E-state index contributed by atoms with van der Waals surface area (Å²) >= 11 is 0. The second kappa shape index (κ2) is 10.0. The molecule has 0 amide bonds. The molecule has 1 aromatic heterocycles. The van der Waals surface area contributed by atoms with Crippen molar-refractivity contribution in [2.24, 2.45) is 4.99 Å². The molecule has 30 heavy (non-hydrogen) atoms. The molecular formula is C23H24F2N4O. The molecule has 1 aliphatic heterocycles. The summed E-state index contributed by atoms with van der Waals surface area (Å²) in [5, 5.41) is 2.90. The van der Waals surface area contributed by atoms with E-state index < -0.39 is 0 Å². The Labute approximate surface area is 174 Å². The minimum absolute atomic E-state index is 0.240. The highest BCUT2D eigenvalue weighted by atomic mass is 19.1. The van der Waals surface area contributed by atoms with Gasteiger partial charge in [0.25, 0.3) is 0 Å². The van der Waals surface area contributed by atoms with Crippen molar-refractivity contribution in [3.8, 4) is 0 Å². The van der Waals surface area contributed by atoms with Gasteiger partial charge < -0.3 is 9.75 Å². The van der Waals surface area contributed by atoms with E-state index in [2.05, 4.69) is 22.0 Å². The topological polar surface area (TPSA) is 49.8 Å². The van der Waals surface area contributed by atoms with Crippen LogP contribution in [0.3, 0.4) is 0 Å². The van der Waals surface area contributed by atoms with Gasteiger partial charge in [0.05, 0.1) is 29.5 Å². The van der Waals surface area contributed by atoms with Crippen molar-refractivity contribution in [3.63, 3.8) is 0 Å². The van der Waals surface area contributed by atoms with Crippen LogP contribution in [0.2, 0.25) is 0 Å². The first-order valence-electron chi connectivity index (χ1n) is 9.53. The summed E-state index contributed by atoms with van der Waals surface area (Å²) in [5.41, 5.74) is 6.04. The SMILES string of the molecule is C=C(c1ccc(F)cc1N=CC)N1NC[C@@H]1COC.Fc1ccc2cccnc2c1. The van der Waals surface area contributed by atoms with Gasteiger partial charge in [0, 0.05) is 49.1 Å². The Morgan fingerprint density at radius 3 is 2.73 bits per heavy atom. The third kappa shape index (κ3) is 5.06. The van der Waals surface area contributed by atoms with Crippen LogP contribution in [0.25, 0.3) is 16.6 Å². The fourth-order valence-electron chi connectivity index (χ4n) is 3.12. The van der Waals surface area contributed by atoms with Gasteiger partial charge in [-0.05, 0) is 37.3 Å². The highest BCUT2D eigenvalue weighted by Crippen LogP contribution is 2.30. The Balaban J connectivity index is 0.000000196. The number of pyridine rings is 1. The van der Waals surface area contributed by atoms with Crippen molar-refractivity contribution in [3.05, 3.63) is 78.5 Å². The molecule has 0 spiro atoms. The van der Waals surface area contributed by atoms with Crippen LogP contribution in [0, 0.1) is 11.6 Å². The standard InChI is InChI=1S/C14H18FN3O.C9H6FN/c1-4-16-14-7-11(15)5-6-13(14)10(2)18-12(8-17-18)9-19-3;10-8-4-3-7-2-1-5-11-9(7)6-8/h4-7,12,17H,2,8-9H2,1,3H3;1-6H/t12-;/m1./s1. The first-order chi connectivity index (χ1) is 14.5. The molecule has 0 saturated carbocycles. The molecule has 1 saturated heterocycles. The smallest absolute Gasteiger partial charge is 0.125 e. The number of halogens is 2. The fraction of sp³-hybridized carbons (Fsp3) is 0.217. The Hall–Kier alpha value is -3.16. The number of hydrazine groups is 1. The molecule has 2 aromatic carbocycles. The maximum Gasteiger partial charge on any atom is 0.125 e. The van der Waals surface area contributed by atoms with Crippen LogP contribution >= 0.6 is 0 Å². The number of nitrogens with zero attached hydrogens (tertiary/aromatic N) is 3. The number of hydrogen-bond donors (Lipinski definition) is 1. The lowest BCUT2D eigenvalue weighted by molar-refractivity contribution is 0.0291. The Morgan fingerprint density at radius 2 is 2.03 bits per heavy atom. The van der Waals surface area contributed by atoms with Gasteiger partial charge in [0.15, 0.2) is 0 Å². The molecule has 0 radical (unpaired) electrons. The van der Waals surface area contributed by atoms with E-state index in [4.69, 9.17) is 4.74 Å². The van der Waals surface area contributed by atoms with E-state index in [0.717, 1.165) is 23.2 Å². The number of ether oxygens (including phenoxy) is 1. The van der Waals surface area contributed by atoms with Gasteiger partial charge in [-0.1, -0.05) is 12.6 Å². The van der Waals surface area contributed by atoms with Crippen molar-refractivity contribution in [1.29, 1.82) is 0 Å². The zero-order valence-electron chi connectivity index (χ0n) is 17.0. The number of methoxy groups -OCH3 is 1. The lowest BCUT2D eigenvalue weighted by Crippen LogP contribution is -2.62. The molecule has 0 aliphatic carbocycles. The summed E-state index contributed by atoms with van der Waals surface area (Å²) in [7, 11) is 1.67. The normalized spacial score (nSPS) is 15.6. The average Bonchev–Trinajstić information content (AvgIpc) is 2.72. The second-order valence-corrected chi connectivity index (χ2v) is 6.68. The first-order valence-corrected chi connectivity index (χ1v) is 9.53. The van der Waals surface area contributed by atoms with E-state index in [1.54, 1.807) is 38.6 Å². The quantitative estimate of drug-likeness (QED) is 0.618. The fourth-order valence-corrected chi connectivity index (χ4v) is 3.12. The average molecular weight is 410 g/mol. The number of aromatic nitrogens is 1. The Kier molecular flexibility index (Phi) is 7.21. The van der Waals surface area contributed by atoms with Crippen molar-refractivity contribution in [1.82, 2.24) is 15.4 Å². The third-order valence-electron chi connectivity index (χ3n) is 4.62. The highest BCUT2D eigenvalue weighted by molar-refractivity contribution is 5.78.